The maximum Gasteiger partial charge on any atom is 0.410 e. The lowest BCUT2D eigenvalue weighted by molar-refractivity contribution is -0.144. The molecule has 0 aromatic heterocycles. The highest BCUT2D eigenvalue weighted by Crippen LogP contribution is 2.20. The molecule has 18 nitrogen and oxygen atoms in total. The highest BCUT2D eigenvalue weighted by molar-refractivity contribution is 5.87. The van der Waals surface area contributed by atoms with Crippen molar-refractivity contribution in [2.24, 2.45) is 11.7 Å². The molecule has 2 fully saturated rings. The summed E-state index contributed by atoms with van der Waals surface area (Å²) in [7, 11) is 0. The van der Waals surface area contributed by atoms with E-state index >= 15 is 0 Å². The number of carbonyl (C=O) groups excluding carboxylic acids is 3. The Bertz CT molecular complexity index is 2180. The minimum atomic E-state index is -1.07. The fourth-order valence-electron chi connectivity index (χ4n) is 6.81. The van der Waals surface area contributed by atoms with Crippen LogP contribution in [0, 0.1) is 5.92 Å². The van der Waals surface area contributed by atoms with Crippen molar-refractivity contribution in [3.63, 3.8) is 0 Å². The predicted octanol–water partition coefficient (Wildman–Crippen LogP) is 7.43. The standard InChI is InChI=1S/C14H17NO4.C13H15NO4.C13H17NO4.C10H13NO2/c16-13(17)12-8-4-5-9-15(12)14(18)19-10-11-6-2-1-3-7-11;15-12(16)11-7-4-8-14(11)13(17)18-9-10-5-2-1-3-6-10;1-9(2)11(12(15)16)14-13(17)18-8-10-6-4-3-5-7-10;1-7(11)6-8-2-4-9(5-3-8)10(12)13/h1-3,6-7,12H,4-5,8-10H2,(H,16,17);1-3,5-6,11H,4,7-9H2,(H,15,16);3-7,9,11H,8H2,1-2H3,(H,14,17)(H,15,16);2-5,7H,6,11H2,1H3,(H,12,13)/t;;;7-/m...1/s1. The summed E-state index contributed by atoms with van der Waals surface area (Å²) in [6, 6.07) is 32.3. The van der Waals surface area contributed by atoms with Crippen LogP contribution < -0.4 is 11.1 Å². The van der Waals surface area contributed by atoms with Crippen LogP contribution in [0.1, 0.15) is 85.5 Å². The van der Waals surface area contributed by atoms with E-state index in [9.17, 15) is 33.6 Å². The van der Waals surface area contributed by atoms with Gasteiger partial charge in [-0.25, -0.2) is 33.6 Å². The first-order valence-electron chi connectivity index (χ1n) is 22.1. The number of aromatic carboxylic acids is 1. The molecule has 0 saturated carbocycles. The summed E-state index contributed by atoms with van der Waals surface area (Å²) in [5, 5.41) is 37.9. The van der Waals surface area contributed by atoms with E-state index < -0.39 is 60.3 Å². The number of likely N-dealkylation sites (tertiary alicyclic amines) is 2. The summed E-state index contributed by atoms with van der Waals surface area (Å²) in [4.78, 5) is 81.2. The topological polar surface area (TPSA) is 273 Å². The van der Waals surface area contributed by atoms with Gasteiger partial charge in [0.1, 0.15) is 37.9 Å². The number of carbonyl (C=O) groups is 7. The average molecular weight is 943 g/mol. The zero-order chi connectivity index (χ0) is 50.0. The molecule has 2 aliphatic rings. The van der Waals surface area contributed by atoms with E-state index in [1.807, 2.05) is 97.9 Å². The summed E-state index contributed by atoms with van der Waals surface area (Å²) in [6.45, 7) is 6.72. The van der Waals surface area contributed by atoms with Crippen molar-refractivity contribution < 1.29 is 68.2 Å². The molecule has 68 heavy (non-hydrogen) atoms. The Morgan fingerprint density at radius 1 is 0.574 bits per heavy atom. The molecular formula is C50H62N4O14. The minimum absolute atomic E-state index is 0.107. The largest absolute Gasteiger partial charge is 0.480 e. The second-order valence-electron chi connectivity index (χ2n) is 16.3. The van der Waals surface area contributed by atoms with Gasteiger partial charge in [-0.3, -0.25) is 9.80 Å². The number of nitrogens with one attached hydrogen (secondary N) is 1. The molecular weight excluding hydrogens is 881 g/mol. The van der Waals surface area contributed by atoms with E-state index in [0.717, 1.165) is 41.5 Å². The van der Waals surface area contributed by atoms with Gasteiger partial charge in [-0.2, -0.15) is 0 Å². The van der Waals surface area contributed by atoms with E-state index in [0.29, 0.717) is 37.9 Å². The van der Waals surface area contributed by atoms with Gasteiger partial charge >= 0.3 is 42.2 Å². The van der Waals surface area contributed by atoms with Gasteiger partial charge in [0.05, 0.1) is 5.56 Å². The van der Waals surface area contributed by atoms with E-state index in [2.05, 4.69) is 5.32 Å². The SMILES string of the molecule is CC(C)C(NC(=O)OCc1ccccc1)C(=O)O.C[C@@H](N)Cc1ccc(C(=O)O)cc1.O=C(O)C1CCCCN1C(=O)OCc1ccccc1.O=C(O)C1CCCN1C(=O)OCc1ccccc1. The predicted molar refractivity (Wildman–Crippen MR) is 249 cm³/mol. The van der Waals surface area contributed by atoms with Crippen molar-refractivity contribution in [2.45, 2.75) is 103 Å². The van der Waals surface area contributed by atoms with Crippen LogP contribution in [0.25, 0.3) is 0 Å². The minimum Gasteiger partial charge on any atom is -0.480 e. The van der Waals surface area contributed by atoms with Crippen LogP contribution in [0.15, 0.2) is 115 Å². The number of ether oxygens (including phenoxy) is 3. The number of hydrogen-bond acceptors (Lipinski definition) is 11. The lowest BCUT2D eigenvalue weighted by Gasteiger charge is -2.31. The number of nitrogens with zero attached hydrogens (tertiary/aromatic N) is 2. The molecule has 3 amide bonds. The summed E-state index contributed by atoms with van der Waals surface area (Å²) < 4.78 is 15.2. The van der Waals surface area contributed by atoms with Gasteiger partial charge < -0.3 is 45.7 Å². The van der Waals surface area contributed by atoms with Crippen LogP contribution in [-0.2, 0) is 54.8 Å². The van der Waals surface area contributed by atoms with Gasteiger partial charge in [-0.15, -0.1) is 0 Å². The first kappa shape index (κ1) is 54.9. The molecule has 7 N–H and O–H groups in total. The van der Waals surface area contributed by atoms with Crippen molar-refractivity contribution in [2.75, 3.05) is 13.1 Å². The van der Waals surface area contributed by atoms with Crippen LogP contribution in [0.4, 0.5) is 14.4 Å². The molecule has 0 bridgehead atoms. The number of benzene rings is 4. The molecule has 2 saturated heterocycles. The van der Waals surface area contributed by atoms with Gasteiger partial charge in [-0.05, 0) is 85.8 Å². The number of carboxylic acids is 4. The van der Waals surface area contributed by atoms with E-state index in [1.54, 1.807) is 38.1 Å². The zero-order valence-corrected chi connectivity index (χ0v) is 38.5. The van der Waals surface area contributed by atoms with Gasteiger partial charge in [0, 0.05) is 19.1 Å². The Morgan fingerprint density at radius 3 is 1.37 bits per heavy atom. The van der Waals surface area contributed by atoms with Gasteiger partial charge in [-0.1, -0.05) is 117 Å². The van der Waals surface area contributed by atoms with Crippen LogP contribution in [0.5, 0.6) is 0 Å². The van der Waals surface area contributed by atoms with Crippen molar-refractivity contribution in [1.29, 1.82) is 0 Å². The third-order valence-electron chi connectivity index (χ3n) is 10.4. The summed E-state index contributed by atoms with van der Waals surface area (Å²) in [5.74, 6) is -4.10. The fourth-order valence-corrected chi connectivity index (χ4v) is 6.81. The number of rotatable bonds is 14. The number of alkyl carbamates (subject to hydrolysis) is 1. The molecule has 366 valence electrons. The first-order chi connectivity index (χ1) is 32.5. The second-order valence-corrected chi connectivity index (χ2v) is 16.3. The number of amides is 3. The molecule has 2 aliphatic heterocycles. The van der Waals surface area contributed by atoms with Crippen molar-refractivity contribution in [1.82, 2.24) is 15.1 Å². The molecule has 0 radical (unpaired) electrons. The smallest absolute Gasteiger partial charge is 0.410 e. The fraction of sp³-hybridized carbons (Fsp3) is 0.380. The van der Waals surface area contributed by atoms with E-state index in [4.69, 9.17) is 40.4 Å². The van der Waals surface area contributed by atoms with E-state index in [-0.39, 0.29) is 31.8 Å². The van der Waals surface area contributed by atoms with Crippen LogP contribution in [0.3, 0.4) is 0 Å². The maximum atomic E-state index is 11.9. The van der Waals surface area contributed by atoms with Crippen LogP contribution in [-0.4, -0.2) is 110 Å². The lowest BCUT2D eigenvalue weighted by atomic mass is 10.0. The molecule has 4 aromatic rings. The summed E-state index contributed by atoms with van der Waals surface area (Å²) >= 11 is 0. The summed E-state index contributed by atoms with van der Waals surface area (Å²) in [6.07, 6.45) is 2.31. The quantitative estimate of drug-likeness (QED) is 0.0671. The first-order valence-corrected chi connectivity index (χ1v) is 22.1. The molecule has 0 aliphatic carbocycles. The van der Waals surface area contributed by atoms with Crippen molar-refractivity contribution in [3.8, 4) is 0 Å². The molecule has 0 spiro atoms. The third kappa shape index (κ3) is 20.0. The Hall–Kier alpha value is -7.47. The Labute approximate surface area is 395 Å². The highest BCUT2D eigenvalue weighted by atomic mass is 16.6. The molecule has 3 unspecified atom stereocenters. The van der Waals surface area contributed by atoms with E-state index in [1.165, 1.54) is 9.80 Å². The van der Waals surface area contributed by atoms with Gasteiger partial charge in [0.15, 0.2) is 0 Å². The number of aliphatic carboxylic acids is 3. The zero-order valence-electron chi connectivity index (χ0n) is 38.5. The Morgan fingerprint density at radius 2 is 0.985 bits per heavy atom. The highest BCUT2D eigenvalue weighted by Gasteiger charge is 2.35. The van der Waals surface area contributed by atoms with Gasteiger partial charge in [0.2, 0.25) is 0 Å². The number of carboxylic acid groups (broad SMARTS) is 4. The molecule has 6 rings (SSSR count). The van der Waals surface area contributed by atoms with Gasteiger partial charge in [0.25, 0.3) is 0 Å². The number of nitrogens with two attached hydrogens (primary N) is 1. The Kier molecular flexibility index (Phi) is 23.6. The molecule has 2 heterocycles. The normalized spacial score (nSPS) is 15.8. The summed E-state index contributed by atoms with van der Waals surface area (Å²) in [5.41, 5.74) is 9.61. The van der Waals surface area contributed by atoms with Crippen molar-refractivity contribution in [3.05, 3.63) is 143 Å². The third-order valence-corrected chi connectivity index (χ3v) is 10.4. The lowest BCUT2D eigenvalue weighted by Crippen LogP contribution is -2.48. The average Bonchev–Trinajstić information content (AvgIpc) is 3.84. The number of piperidine rings is 1. The maximum absolute atomic E-state index is 11.9. The number of hydrogen-bond donors (Lipinski definition) is 6. The molecule has 18 heteroatoms. The van der Waals surface area contributed by atoms with Crippen LogP contribution in [0.2, 0.25) is 0 Å². The molecule has 4 atom stereocenters. The molecule has 4 aromatic carbocycles. The second kappa shape index (κ2) is 29.2. The van der Waals surface area contributed by atoms with Crippen LogP contribution >= 0.6 is 0 Å². The monoisotopic (exact) mass is 942 g/mol. The van der Waals surface area contributed by atoms with Crippen molar-refractivity contribution >= 4 is 42.2 Å². The Balaban J connectivity index is 0.000000242.